The topological polar surface area (TPSA) is 20.3 Å². The van der Waals surface area contributed by atoms with Crippen LogP contribution in [0.15, 0.2) is 16.8 Å². The Bertz CT molecular complexity index is 299. The van der Waals surface area contributed by atoms with Crippen LogP contribution in [0.3, 0.4) is 0 Å². The Hall–Kier alpha value is -0.670. The van der Waals surface area contributed by atoms with E-state index in [0.717, 1.165) is 31.5 Å². The lowest BCUT2D eigenvalue weighted by molar-refractivity contribution is 0.0857. The lowest BCUT2D eigenvalue weighted by Gasteiger charge is -2.27. The first-order valence-electron chi connectivity index (χ1n) is 5.02. The van der Waals surface area contributed by atoms with Gasteiger partial charge in [-0.2, -0.15) is 11.3 Å². The van der Waals surface area contributed by atoms with Crippen LogP contribution >= 0.6 is 11.3 Å². The Labute approximate surface area is 88.5 Å². The summed E-state index contributed by atoms with van der Waals surface area (Å²) in [7, 11) is 2.12. The summed E-state index contributed by atoms with van der Waals surface area (Å²) in [5.41, 5.74) is 0.907. The van der Waals surface area contributed by atoms with Crippen molar-refractivity contribution in [3.8, 4) is 0 Å². The molecule has 2 heterocycles. The van der Waals surface area contributed by atoms with E-state index in [1.165, 1.54) is 0 Å². The monoisotopic (exact) mass is 209 g/mol. The summed E-state index contributed by atoms with van der Waals surface area (Å²) in [6, 6.07) is 1.94. The molecular formula is C11H15NOS. The average molecular weight is 209 g/mol. The minimum atomic E-state index is 0.265. The van der Waals surface area contributed by atoms with Crippen molar-refractivity contribution >= 4 is 17.1 Å². The molecule has 0 N–H and O–H groups in total. The van der Waals surface area contributed by atoms with Crippen molar-refractivity contribution in [2.75, 3.05) is 20.1 Å². The first kappa shape index (κ1) is 9.87. The molecule has 0 saturated carbocycles. The predicted molar refractivity (Wildman–Crippen MR) is 58.9 cm³/mol. The summed E-state index contributed by atoms with van der Waals surface area (Å²) in [5, 5.41) is 3.93. The highest BCUT2D eigenvalue weighted by Crippen LogP contribution is 2.21. The number of rotatable bonds is 2. The molecule has 1 aliphatic heterocycles. The number of carbonyl (C=O) groups is 1. The van der Waals surface area contributed by atoms with E-state index in [1.54, 1.807) is 11.3 Å². The predicted octanol–water partition coefficient (Wildman–Crippen LogP) is 2.27. The van der Waals surface area contributed by atoms with E-state index in [2.05, 4.69) is 11.9 Å². The van der Waals surface area contributed by atoms with Gasteiger partial charge in [0, 0.05) is 16.9 Å². The first-order chi connectivity index (χ1) is 6.77. The van der Waals surface area contributed by atoms with E-state index in [0.29, 0.717) is 5.78 Å². The summed E-state index contributed by atoms with van der Waals surface area (Å²) < 4.78 is 0. The van der Waals surface area contributed by atoms with Crippen LogP contribution in [0.25, 0.3) is 0 Å². The van der Waals surface area contributed by atoms with Gasteiger partial charge >= 0.3 is 0 Å². The molecule has 1 saturated heterocycles. The molecule has 1 aliphatic rings. The third-order valence-electron chi connectivity index (χ3n) is 2.90. The molecule has 0 atom stereocenters. The van der Waals surface area contributed by atoms with Crippen LogP contribution in [0, 0.1) is 5.92 Å². The summed E-state index contributed by atoms with van der Waals surface area (Å²) >= 11 is 1.60. The number of hydrogen-bond acceptors (Lipinski definition) is 3. The minimum absolute atomic E-state index is 0.265. The quantitative estimate of drug-likeness (QED) is 0.696. The van der Waals surface area contributed by atoms with Gasteiger partial charge < -0.3 is 4.90 Å². The van der Waals surface area contributed by atoms with Crippen LogP contribution in [0.5, 0.6) is 0 Å². The van der Waals surface area contributed by atoms with Crippen molar-refractivity contribution < 1.29 is 4.79 Å². The molecule has 2 nitrogen and oxygen atoms in total. The molecule has 0 amide bonds. The standard InChI is InChI=1S/C11H15NOS/c1-12-5-2-9(3-6-12)11(13)10-4-7-14-8-10/h4,7-9H,2-3,5-6H2,1H3. The minimum Gasteiger partial charge on any atom is -0.306 e. The molecule has 1 fully saturated rings. The van der Waals surface area contributed by atoms with E-state index >= 15 is 0 Å². The lowest BCUT2D eigenvalue weighted by Crippen LogP contribution is -2.33. The third kappa shape index (κ3) is 2.04. The highest BCUT2D eigenvalue weighted by molar-refractivity contribution is 7.08. The van der Waals surface area contributed by atoms with Crippen molar-refractivity contribution in [1.29, 1.82) is 0 Å². The van der Waals surface area contributed by atoms with Gasteiger partial charge in [-0.1, -0.05) is 0 Å². The van der Waals surface area contributed by atoms with Crippen LogP contribution in [0.1, 0.15) is 23.2 Å². The van der Waals surface area contributed by atoms with Crippen molar-refractivity contribution in [3.05, 3.63) is 22.4 Å². The summed E-state index contributed by atoms with van der Waals surface area (Å²) in [5.74, 6) is 0.611. The molecule has 0 unspecified atom stereocenters. The molecule has 0 radical (unpaired) electrons. The molecule has 1 aromatic heterocycles. The summed E-state index contributed by atoms with van der Waals surface area (Å²) in [4.78, 5) is 14.2. The zero-order chi connectivity index (χ0) is 9.97. The van der Waals surface area contributed by atoms with E-state index in [4.69, 9.17) is 0 Å². The van der Waals surface area contributed by atoms with Gasteiger partial charge in [-0.25, -0.2) is 0 Å². The van der Waals surface area contributed by atoms with Crippen molar-refractivity contribution in [2.45, 2.75) is 12.8 Å². The largest absolute Gasteiger partial charge is 0.306 e. The molecule has 0 bridgehead atoms. The molecule has 2 rings (SSSR count). The maximum atomic E-state index is 12.0. The number of thiophene rings is 1. The second kappa shape index (κ2) is 4.24. The summed E-state index contributed by atoms with van der Waals surface area (Å²) in [6.07, 6.45) is 2.04. The Kier molecular flexibility index (Phi) is 2.99. The van der Waals surface area contributed by atoms with Gasteiger partial charge in [-0.05, 0) is 44.4 Å². The number of hydrogen-bond donors (Lipinski definition) is 0. The summed E-state index contributed by atoms with van der Waals surface area (Å²) in [6.45, 7) is 2.11. The van der Waals surface area contributed by atoms with E-state index in [9.17, 15) is 4.79 Å². The molecule has 1 aromatic rings. The van der Waals surface area contributed by atoms with Crippen LogP contribution in [0.4, 0.5) is 0 Å². The van der Waals surface area contributed by atoms with E-state index in [1.807, 2.05) is 16.8 Å². The number of nitrogens with zero attached hydrogens (tertiary/aromatic N) is 1. The van der Waals surface area contributed by atoms with Crippen LogP contribution < -0.4 is 0 Å². The molecule has 76 valence electrons. The van der Waals surface area contributed by atoms with Crippen LogP contribution in [0.2, 0.25) is 0 Å². The van der Waals surface area contributed by atoms with Crippen molar-refractivity contribution in [2.24, 2.45) is 5.92 Å². The fourth-order valence-corrected chi connectivity index (χ4v) is 2.56. The van der Waals surface area contributed by atoms with Gasteiger partial charge in [0.05, 0.1) is 0 Å². The van der Waals surface area contributed by atoms with E-state index in [-0.39, 0.29) is 5.92 Å². The second-order valence-electron chi connectivity index (χ2n) is 3.95. The smallest absolute Gasteiger partial charge is 0.166 e. The van der Waals surface area contributed by atoms with Gasteiger partial charge in [-0.15, -0.1) is 0 Å². The lowest BCUT2D eigenvalue weighted by atomic mass is 9.90. The Morgan fingerprint density at radius 1 is 1.50 bits per heavy atom. The normalized spacial score (nSPS) is 19.8. The SMILES string of the molecule is CN1CCC(C(=O)c2ccsc2)CC1. The zero-order valence-electron chi connectivity index (χ0n) is 8.40. The van der Waals surface area contributed by atoms with Gasteiger partial charge in [0.25, 0.3) is 0 Å². The maximum Gasteiger partial charge on any atom is 0.166 e. The van der Waals surface area contributed by atoms with Crippen molar-refractivity contribution in [1.82, 2.24) is 4.90 Å². The highest BCUT2D eigenvalue weighted by Gasteiger charge is 2.24. The third-order valence-corrected chi connectivity index (χ3v) is 3.58. The molecule has 0 spiro atoms. The Morgan fingerprint density at radius 2 is 2.21 bits per heavy atom. The molecular weight excluding hydrogens is 194 g/mol. The number of carbonyl (C=O) groups excluding carboxylic acids is 1. The van der Waals surface area contributed by atoms with Crippen molar-refractivity contribution in [3.63, 3.8) is 0 Å². The molecule has 3 heteroatoms. The number of likely N-dealkylation sites (tertiary alicyclic amines) is 1. The number of piperidine rings is 1. The Balaban J connectivity index is 1.99. The fourth-order valence-electron chi connectivity index (χ4n) is 1.91. The number of ketones is 1. The van der Waals surface area contributed by atoms with Crippen LogP contribution in [-0.4, -0.2) is 30.8 Å². The molecule has 0 aliphatic carbocycles. The zero-order valence-corrected chi connectivity index (χ0v) is 9.22. The van der Waals surface area contributed by atoms with Gasteiger partial charge in [0.2, 0.25) is 0 Å². The fraction of sp³-hybridized carbons (Fsp3) is 0.545. The first-order valence-corrected chi connectivity index (χ1v) is 5.96. The molecule has 14 heavy (non-hydrogen) atoms. The Morgan fingerprint density at radius 3 is 2.79 bits per heavy atom. The number of Topliss-reactive ketones (excluding diaryl/α,β-unsaturated/α-hetero) is 1. The molecule has 0 aromatic carbocycles. The van der Waals surface area contributed by atoms with Gasteiger partial charge in [0.15, 0.2) is 5.78 Å². The van der Waals surface area contributed by atoms with Crippen LogP contribution in [-0.2, 0) is 0 Å². The van der Waals surface area contributed by atoms with E-state index < -0.39 is 0 Å². The van der Waals surface area contributed by atoms with Gasteiger partial charge in [-0.3, -0.25) is 4.79 Å². The highest BCUT2D eigenvalue weighted by atomic mass is 32.1. The average Bonchev–Trinajstić information content (AvgIpc) is 2.71. The van der Waals surface area contributed by atoms with Gasteiger partial charge in [0.1, 0.15) is 0 Å². The second-order valence-corrected chi connectivity index (χ2v) is 4.73. The maximum absolute atomic E-state index is 12.0.